The van der Waals surface area contributed by atoms with Crippen LogP contribution in [0.4, 0.5) is 5.69 Å². The maximum absolute atomic E-state index is 12.3. The minimum Gasteiger partial charge on any atom is -0.464 e. The molecule has 0 radical (unpaired) electrons. The summed E-state index contributed by atoms with van der Waals surface area (Å²) in [6.45, 7) is 3.73. The summed E-state index contributed by atoms with van der Waals surface area (Å²) in [4.78, 5) is 24.7. The Morgan fingerprint density at radius 1 is 1.36 bits per heavy atom. The number of fused-ring (bicyclic) bond motifs is 1. The highest BCUT2D eigenvalue weighted by Crippen LogP contribution is 2.32. The van der Waals surface area contributed by atoms with Gasteiger partial charge in [0.05, 0.1) is 17.5 Å². The van der Waals surface area contributed by atoms with Crippen LogP contribution < -0.4 is 10.6 Å². The van der Waals surface area contributed by atoms with Crippen LogP contribution in [0.3, 0.4) is 0 Å². The number of carbonyl (C=O) groups excluding carboxylic acids is 2. The SMILES string of the molecule is Cc1ccc(C(C)NC(=O)c2ccc3c(c2)NC(=O)CS3)o1. The quantitative estimate of drug-likeness (QED) is 0.912. The fourth-order valence-corrected chi connectivity index (χ4v) is 3.05. The molecule has 2 heterocycles. The smallest absolute Gasteiger partial charge is 0.251 e. The Bertz CT molecular complexity index is 739. The van der Waals surface area contributed by atoms with Crippen LogP contribution in [0, 0.1) is 6.92 Å². The van der Waals surface area contributed by atoms with Gasteiger partial charge in [-0.1, -0.05) is 0 Å². The zero-order valence-electron chi connectivity index (χ0n) is 12.3. The van der Waals surface area contributed by atoms with E-state index in [0.717, 1.165) is 10.7 Å². The first-order valence-electron chi connectivity index (χ1n) is 6.97. The van der Waals surface area contributed by atoms with Crippen LogP contribution in [0.2, 0.25) is 0 Å². The lowest BCUT2D eigenvalue weighted by molar-refractivity contribution is -0.113. The van der Waals surface area contributed by atoms with Crippen molar-refractivity contribution in [1.82, 2.24) is 5.32 Å². The third-order valence-corrected chi connectivity index (χ3v) is 4.48. The third-order valence-electron chi connectivity index (χ3n) is 3.41. The summed E-state index contributed by atoms with van der Waals surface area (Å²) in [6.07, 6.45) is 0. The molecule has 1 unspecified atom stereocenters. The molecule has 1 aliphatic rings. The standard InChI is InChI=1S/C16H16N2O3S/c1-9-3-5-13(21-9)10(2)17-16(20)11-4-6-14-12(7-11)18-15(19)8-22-14/h3-7,10H,8H2,1-2H3,(H,17,20)(H,18,19). The first kappa shape index (κ1) is 14.7. The van der Waals surface area contributed by atoms with Crippen LogP contribution >= 0.6 is 11.8 Å². The fraction of sp³-hybridized carbons (Fsp3) is 0.250. The Kier molecular flexibility index (Phi) is 3.94. The van der Waals surface area contributed by atoms with Crippen molar-refractivity contribution in [3.63, 3.8) is 0 Å². The van der Waals surface area contributed by atoms with Gasteiger partial charge in [0, 0.05) is 10.5 Å². The molecule has 0 fully saturated rings. The summed E-state index contributed by atoms with van der Waals surface area (Å²) < 4.78 is 5.51. The second-order valence-corrected chi connectivity index (χ2v) is 6.21. The van der Waals surface area contributed by atoms with E-state index in [4.69, 9.17) is 4.42 Å². The van der Waals surface area contributed by atoms with E-state index in [0.29, 0.717) is 22.8 Å². The van der Waals surface area contributed by atoms with Crippen LogP contribution in [0.25, 0.3) is 0 Å². The Labute approximate surface area is 132 Å². The van der Waals surface area contributed by atoms with Crippen molar-refractivity contribution in [3.05, 3.63) is 47.4 Å². The molecule has 1 aromatic heterocycles. The van der Waals surface area contributed by atoms with Crippen LogP contribution in [0.1, 0.15) is 34.8 Å². The largest absolute Gasteiger partial charge is 0.464 e. The van der Waals surface area contributed by atoms with Gasteiger partial charge in [0.1, 0.15) is 11.5 Å². The summed E-state index contributed by atoms with van der Waals surface area (Å²) in [5, 5.41) is 5.68. The number of hydrogen-bond acceptors (Lipinski definition) is 4. The van der Waals surface area contributed by atoms with Crippen molar-refractivity contribution in [3.8, 4) is 0 Å². The van der Waals surface area contributed by atoms with Crippen molar-refractivity contribution in [2.75, 3.05) is 11.1 Å². The second kappa shape index (κ2) is 5.88. The van der Waals surface area contributed by atoms with Crippen molar-refractivity contribution in [2.45, 2.75) is 24.8 Å². The lowest BCUT2D eigenvalue weighted by atomic mass is 10.1. The lowest BCUT2D eigenvalue weighted by Crippen LogP contribution is -2.27. The number of benzene rings is 1. The first-order chi connectivity index (χ1) is 10.5. The number of furan rings is 1. The molecular weight excluding hydrogens is 300 g/mol. The van der Waals surface area contributed by atoms with E-state index in [1.54, 1.807) is 12.1 Å². The molecule has 0 spiro atoms. The molecule has 5 nitrogen and oxygen atoms in total. The monoisotopic (exact) mass is 316 g/mol. The molecule has 3 rings (SSSR count). The van der Waals surface area contributed by atoms with Crippen molar-refractivity contribution in [1.29, 1.82) is 0 Å². The average Bonchev–Trinajstić information content (AvgIpc) is 2.93. The van der Waals surface area contributed by atoms with Gasteiger partial charge < -0.3 is 15.1 Å². The zero-order chi connectivity index (χ0) is 15.7. The normalized spacial score (nSPS) is 14.9. The van der Waals surface area contributed by atoms with Crippen molar-refractivity contribution < 1.29 is 14.0 Å². The maximum atomic E-state index is 12.3. The highest BCUT2D eigenvalue weighted by Gasteiger charge is 2.19. The number of amides is 2. The van der Waals surface area contributed by atoms with Crippen LogP contribution in [-0.2, 0) is 4.79 Å². The molecule has 0 bridgehead atoms. The molecule has 0 saturated carbocycles. The molecular formula is C16H16N2O3S. The molecule has 1 aliphatic heterocycles. The van der Waals surface area contributed by atoms with Gasteiger partial charge in [-0.25, -0.2) is 0 Å². The van der Waals surface area contributed by atoms with Crippen LogP contribution in [0.15, 0.2) is 39.6 Å². The first-order valence-corrected chi connectivity index (χ1v) is 7.95. The summed E-state index contributed by atoms with van der Waals surface area (Å²) in [7, 11) is 0. The molecule has 6 heteroatoms. The van der Waals surface area contributed by atoms with Gasteiger partial charge in [0.25, 0.3) is 5.91 Å². The number of carbonyl (C=O) groups is 2. The highest BCUT2D eigenvalue weighted by molar-refractivity contribution is 8.00. The summed E-state index contributed by atoms with van der Waals surface area (Å²) in [5.41, 5.74) is 1.20. The minimum absolute atomic E-state index is 0.0468. The maximum Gasteiger partial charge on any atom is 0.251 e. The van der Waals surface area contributed by atoms with E-state index < -0.39 is 0 Å². The number of hydrogen-bond donors (Lipinski definition) is 2. The average molecular weight is 316 g/mol. The third kappa shape index (κ3) is 3.01. The van der Waals surface area contributed by atoms with Gasteiger partial charge in [-0.2, -0.15) is 0 Å². The van der Waals surface area contributed by atoms with Crippen LogP contribution in [0.5, 0.6) is 0 Å². The molecule has 22 heavy (non-hydrogen) atoms. The van der Waals surface area contributed by atoms with Gasteiger partial charge >= 0.3 is 0 Å². The molecule has 2 aromatic rings. The van der Waals surface area contributed by atoms with E-state index in [1.165, 1.54) is 11.8 Å². The summed E-state index contributed by atoms with van der Waals surface area (Å²) >= 11 is 1.47. The van der Waals surface area contributed by atoms with E-state index >= 15 is 0 Å². The molecule has 0 aliphatic carbocycles. The Balaban J connectivity index is 1.75. The zero-order valence-corrected chi connectivity index (χ0v) is 13.1. The number of nitrogens with one attached hydrogen (secondary N) is 2. The van der Waals surface area contributed by atoms with E-state index in [1.807, 2.05) is 32.0 Å². The second-order valence-electron chi connectivity index (χ2n) is 5.19. The Morgan fingerprint density at radius 2 is 2.18 bits per heavy atom. The molecule has 1 atom stereocenters. The van der Waals surface area contributed by atoms with E-state index in [2.05, 4.69) is 10.6 Å². The van der Waals surface area contributed by atoms with Gasteiger partial charge in [0.15, 0.2) is 0 Å². The number of anilines is 1. The molecule has 1 aromatic carbocycles. The van der Waals surface area contributed by atoms with Gasteiger partial charge in [-0.3, -0.25) is 9.59 Å². The number of aryl methyl sites for hydroxylation is 1. The Hall–Kier alpha value is -2.21. The topological polar surface area (TPSA) is 71.3 Å². The summed E-state index contributed by atoms with van der Waals surface area (Å²) in [6, 6.07) is 8.82. The highest BCUT2D eigenvalue weighted by atomic mass is 32.2. The molecule has 0 saturated heterocycles. The molecule has 2 amide bonds. The van der Waals surface area contributed by atoms with Crippen LogP contribution in [-0.4, -0.2) is 17.6 Å². The van der Waals surface area contributed by atoms with Gasteiger partial charge in [0.2, 0.25) is 5.91 Å². The Morgan fingerprint density at radius 3 is 2.91 bits per heavy atom. The molecule has 114 valence electrons. The van der Waals surface area contributed by atoms with E-state index in [9.17, 15) is 9.59 Å². The number of thioether (sulfide) groups is 1. The minimum atomic E-state index is -0.221. The van der Waals surface area contributed by atoms with E-state index in [-0.39, 0.29) is 17.9 Å². The number of rotatable bonds is 3. The van der Waals surface area contributed by atoms with Crippen molar-refractivity contribution in [2.24, 2.45) is 0 Å². The van der Waals surface area contributed by atoms with Gasteiger partial charge in [-0.15, -0.1) is 11.8 Å². The van der Waals surface area contributed by atoms with Gasteiger partial charge in [-0.05, 0) is 44.2 Å². The predicted octanol–water partition coefficient (Wildman–Crippen LogP) is 3.12. The lowest BCUT2D eigenvalue weighted by Gasteiger charge is -2.17. The van der Waals surface area contributed by atoms with Crippen molar-refractivity contribution >= 4 is 29.3 Å². The predicted molar refractivity (Wildman–Crippen MR) is 85.1 cm³/mol. The molecule has 2 N–H and O–H groups in total. The fourth-order valence-electron chi connectivity index (χ4n) is 2.26. The summed E-state index contributed by atoms with van der Waals surface area (Å²) in [5.74, 6) is 1.69.